The fourth-order valence-electron chi connectivity index (χ4n) is 1.57. The molecule has 0 unspecified atom stereocenters. The Balaban J connectivity index is 2.19. The summed E-state index contributed by atoms with van der Waals surface area (Å²) in [4.78, 5) is 15.7. The number of rotatable bonds is 1. The van der Waals surface area contributed by atoms with Crippen molar-refractivity contribution in [3.63, 3.8) is 0 Å². The van der Waals surface area contributed by atoms with Crippen molar-refractivity contribution >= 4 is 16.9 Å². The van der Waals surface area contributed by atoms with Crippen LogP contribution in [0, 0.1) is 0 Å². The molecule has 5 nitrogen and oxygen atoms in total. The van der Waals surface area contributed by atoms with Gasteiger partial charge < -0.3 is 10.7 Å². The van der Waals surface area contributed by atoms with E-state index in [1.807, 2.05) is 18.2 Å². The number of nitrogens with one attached hydrogen (secondary N) is 1. The molecule has 0 aliphatic rings. The number of H-pyrrole nitrogens is 1. The average Bonchev–Trinajstić information content (AvgIpc) is 2.72. The third-order valence-electron chi connectivity index (χ3n) is 2.29. The molecule has 0 aliphatic heterocycles. The van der Waals surface area contributed by atoms with Gasteiger partial charge in [0.05, 0.1) is 11.2 Å². The van der Waals surface area contributed by atoms with Gasteiger partial charge in [-0.05, 0) is 18.2 Å². The van der Waals surface area contributed by atoms with E-state index in [2.05, 4.69) is 19.9 Å². The van der Waals surface area contributed by atoms with E-state index in [-0.39, 0.29) is 0 Å². The van der Waals surface area contributed by atoms with Crippen LogP contribution in [0.2, 0.25) is 0 Å². The monoisotopic (exact) mass is 211 g/mol. The summed E-state index contributed by atoms with van der Waals surface area (Å²) in [5.41, 5.74) is 8.74. The number of aromatic nitrogens is 4. The predicted octanol–water partition coefficient (Wildman–Crippen LogP) is 1.60. The standard InChI is InChI=1S/C11H9N5/c12-8-4-7(5-13-6-8)10-15-9-2-1-3-14-11(9)16-10/h1-6H,12H2,(H,14,15,16). The van der Waals surface area contributed by atoms with E-state index in [0.717, 1.165) is 16.9 Å². The summed E-state index contributed by atoms with van der Waals surface area (Å²) in [7, 11) is 0. The zero-order chi connectivity index (χ0) is 11.0. The van der Waals surface area contributed by atoms with Gasteiger partial charge in [0, 0.05) is 24.2 Å². The van der Waals surface area contributed by atoms with Gasteiger partial charge >= 0.3 is 0 Å². The highest BCUT2D eigenvalue weighted by Gasteiger charge is 2.05. The molecule has 0 saturated heterocycles. The fourth-order valence-corrected chi connectivity index (χ4v) is 1.57. The first-order valence-corrected chi connectivity index (χ1v) is 4.84. The molecular weight excluding hydrogens is 202 g/mol. The van der Waals surface area contributed by atoms with Crippen molar-refractivity contribution < 1.29 is 0 Å². The molecule has 78 valence electrons. The molecule has 0 atom stereocenters. The predicted molar refractivity (Wildman–Crippen MR) is 61.5 cm³/mol. The van der Waals surface area contributed by atoms with Gasteiger partial charge in [0.2, 0.25) is 0 Å². The molecule has 3 N–H and O–H groups in total. The summed E-state index contributed by atoms with van der Waals surface area (Å²) in [6, 6.07) is 5.62. The maximum atomic E-state index is 5.67. The summed E-state index contributed by atoms with van der Waals surface area (Å²) < 4.78 is 0. The molecule has 0 aromatic carbocycles. The number of nitrogens with zero attached hydrogens (tertiary/aromatic N) is 3. The molecule has 0 spiro atoms. The second kappa shape index (κ2) is 3.30. The lowest BCUT2D eigenvalue weighted by atomic mass is 10.2. The number of imidazole rings is 1. The van der Waals surface area contributed by atoms with Crippen molar-refractivity contribution in [2.75, 3.05) is 5.73 Å². The van der Waals surface area contributed by atoms with Crippen LogP contribution in [0.15, 0.2) is 36.8 Å². The number of nitrogens with two attached hydrogens (primary N) is 1. The third kappa shape index (κ3) is 1.38. The molecule has 0 radical (unpaired) electrons. The van der Waals surface area contributed by atoms with Crippen molar-refractivity contribution in [3.05, 3.63) is 36.8 Å². The largest absolute Gasteiger partial charge is 0.397 e. The lowest BCUT2D eigenvalue weighted by molar-refractivity contribution is 1.26. The van der Waals surface area contributed by atoms with Gasteiger partial charge in [-0.2, -0.15) is 0 Å². The first kappa shape index (κ1) is 8.84. The van der Waals surface area contributed by atoms with Crippen LogP contribution in [0.1, 0.15) is 0 Å². The molecule has 3 heterocycles. The van der Waals surface area contributed by atoms with E-state index in [9.17, 15) is 0 Å². The van der Waals surface area contributed by atoms with E-state index >= 15 is 0 Å². The van der Waals surface area contributed by atoms with Gasteiger partial charge in [-0.3, -0.25) is 4.98 Å². The fraction of sp³-hybridized carbons (Fsp3) is 0. The van der Waals surface area contributed by atoms with Crippen LogP contribution in [-0.4, -0.2) is 19.9 Å². The Hall–Kier alpha value is -2.43. The lowest BCUT2D eigenvalue weighted by Gasteiger charge is -1.96. The van der Waals surface area contributed by atoms with E-state index in [0.29, 0.717) is 11.3 Å². The van der Waals surface area contributed by atoms with E-state index in [1.165, 1.54) is 0 Å². The molecule has 0 aliphatic carbocycles. The first-order valence-electron chi connectivity index (χ1n) is 4.84. The Morgan fingerprint density at radius 1 is 1.25 bits per heavy atom. The summed E-state index contributed by atoms with van der Waals surface area (Å²) >= 11 is 0. The number of fused-ring (bicyclic) bond motifs is 1. The molecule has 3 rings (SSSR count). The van der Waals surface area contributed by atoms with Gasteiger partial charge in [0.25, 0.3) is 0 Å². The highest BCUT2D eigenvalue weighted by atomic mass is 15.0. The minimum absolute atomic E-state index is 0.617. The summed E-state index contributed by atoms with van der Waals surface area (Å²) in [5, 5.41) is 0. The van der Waals surface area contributed by atoms with Crippen LogP contribution >= 0.6 is 0 Å². The highest BCUT2D eigenvalue weighted by Crippen LogP contribution is 2.19. The van der Waals surface area contributed by atoms with Crippen LogP contribution < -0.4 is 5.73 Å². The Morgan fingerprint density at radius 2 is 2.19 bits per heavy atom. The van der Waals surface area contributed by atoms with Gasteiger partial charge in [-0.25, -0.2) is 9.97 Å². The van der Waals surface area contributed by atoms with E-state index in [1.54, 1.807) is 18.6 Å². The number of anilines is 1. The average molecular weight is 211 g/mol. The first-order chi connectivity index (χ1) is 7.83. The number of hydrogen-bond donors (Lipinski definition) is 2. The molecule has 0 saturated carbocycles. The quantitative estimate of drug-likeness (QED) is 0.640. The van der Waals surface area contributed by atoms with Crippen LogP contribution in [0.5, 0.6) is 0 Å². The Morgan fingerprint density at radius 3 is 3.00 bits per heavy atom. The maximum absolute atomic E-state index is 5.67. The molecule has 3 aromatic heterocycles. The number of hydrogen-bond acceptors (Lipinski definition) is 4. The molecule has 0 fully saturated rings. The van der Waals surface area contributed by atoms with Gasteiger partial charge in [0.15, 0.2) is 5.65 Å². The SMILES string of the molecule is Nc1cncc(-c2nc3ncccc3[nH]2)c1. The summed E-state index contributed by atoms with van der Waals surface area (Å²) in [6.45, 7) is 0. The topological polar surface area (TPSA) is 80.5 Å². The van der Waals surface area contributed by atoms with Crippen molar-refractivity contribution in [1.82, 2.24) is 19.9 Å². The summed E-state index contributed by atoms with van der Waals surface area (Å²) in [6.07, 6.45) is 5.03. The molecule has 16 heavy (non-hydrogen) atoms. The Bertz CT molecular complexity index is 610. The Kier molecular flexibility index (Phi) is 1.83. The van der Waals surface area contributed by atoms with Crippen molar-refractivity contribution in [3.8, 4) is 11.4 Å². The van der Waals surface area contributed by atoms with Crippen LogP contribution in [0.4, 0.5) is 5.69 Å². The second-order valence-corrected chi connectivity index (χ2v) is 3.47. The molecule has 5 heteroatoms. The zero-order valence-corrected chi connectivity index (χ0v) is 8.38. The highest BCUT2D eigenvalue weighted by molar-refractivity contribution is 5.75. The van der Waals surface area contributed by atoms with Crippen molar-refractivity contribution in [1.29, 1.82) is 0 Å². The number of pyridine rings is 2. The molecule has 0 bridgehead atoms. The third-order valence-corrected chi connectivity index (χ3v) is 2.29. The van der Waals surface area contributed by atoms with Crippen LogP contribution in [0.3, 0.4) is 0 Å². The van der Waals surface area contributed by atoms with Crippen LogP contribution in [-0.2, 0) is 0 Å². The van der Waals surface area contributed by atoms with Gasteiger partial charge in [-0.15, -0.1) is 0 Å². The normalized spacial score (nSPS) is 10.8. The van der Waals surface area contributed by atoms with Crippen molar-refractivity contribution in [2.45, 2.75) is 0 Å². The zero-order valence-electron chi connectivity index (χ0n) is 8.38. The summed E-state index contributed by atoms with van der Waals surface area (Å²) in [5.74, 6) is 0.730. The minimum Gasteiger partial charge on any atom is -0.397 e. The van der Waals surface area contributed by atoms with Gasteiger partial charge in [0.1, 0.15) is 5.82 Å². The van der Waals surface area contributed by atoms with Gasteiger partial charge in [-0.1, -0.05) is 0 Å². The smallest absolute Gasteiger partial charge is 0.178 e. The number of aromatic amines is 1. The Labute approximate surface area is 91.4 Å². The molecule has 3 aromatic rings. The minimum atomic E-state index is 0.617. The van der Waals surface area contributed by atoms with E-state index < -0.39 is 0 Å². The van der Waals surface area contributed by atoms with E-state index in [4.69, 9.17) is 5.73 Å². The molecular formula is C11H9N5. The number of nitrogen functional groups attached to an aromatic ring is 1. The van der Waals surface area contributed by atoms with Crippen molar-refractivity contribution in [2.24, 2.45) is 0 Å². The molecule has 0 amide bonds. The lowest BCUT2D eigenvalue weighted by Crippen LogP contribution is -1.88. The van der Waals surface area contributed by atoms with Crippen LogP contribution in [0.25, 0.3) is 22.6 Å². The second-order valence-electron chi connectivity index (χ2n) is 3.47. The maximum Gasteiger partial charge on any atom is 0.178 e.